The topological polar surface area (TPSA) is 126 Å². The summed E-state index contributed by atoms with van der Waals surface area (Å²) in [6.45, 7) is 3.63. The van der Waals surface area contributed by atoms with E-state index in [0.29, 0.717) is 77.0 Å². The molecule has 1 aliphatic rings. The third-order valence-electron chi connectivity index (χ3n) is 7.44. The molecule has 1 aromatic heterocycles. The van der Waals surface area contributed by atoms with Gasteiger partial charge in [-0.25, -0.2) is 12.8 Å². The van der Waals surface area contributed by atoms with E-state index in [-0.39, 0.29) is 24.9 Å². The third-order valence-corrected chi connectivity index (χ3v) is 8.58. The molecule has 0 aliphatic carbocycles. The Morgan fingerprint density at radius 3 is 2.30 bits per heavy atom. The largest absolute Gasteiger partial charge is 0.457 e. The number of nitrogens with zero attached hydrogens (tertiary/aromatic N) is 1. The Bertz CT molecular complexity index is 1760. The number of ether oxygens (including phenoxy) is 5. The highest BCUT2D eigenvalue weighted by Crippen LogP contribution is 2.42. The smallest absolute Gasteiger partial charge is 0.255 e. The molecule has 4 aromatic rings. The zero-order valence-corrected chi connectivity index (χ0v) is 26.9. The molecular formula is C33H37FN2O9S. The van der Waals surface area contributed by atoms with E-state index in [1.54, 1.807) is 43.5 Å². The Morgan fingerprint density at radius 1 is 1.00 bits per heavy atom. The number of carbonyl (C=O) groups excluding carboxylic acids is 1. The van der Waals surface area contributed by atoms with Crippen molar-refractivity contribution in [2.75, 3.05) is 64.3 Å². The summed E-state index contributed by atoms with van der Waals surface area (Å²) in [5.41, 5.74) is 2.22. The van der Waals surface area contributed by atoms with Crippen LogP contribution in [0.15, 0.2) is 65.1 Å². The van der Waals surface area contributed by atoms with Gasteiger partial charge in [-0.3, -0.25) is 9.10 Å². The molecule has 2 atom stereocenters. The van der Waals surface area contributed by atoms with Gasteiger partial charge in [-0.15, -0.1) is 0 Å². The molecule has 0 fully saturated rings. The number of halogens is 1. The minimum atomic E-state index is -3.74. The first-order chi connectivity index (χ1) is 22.1. The lowest BCUT2D eigenvalue weighted by Crippen LogP contribution is -2.38. The van der Waals surface area contributed by atoms with Crippen molar-refractivity contribution in [3.63, 3.8) is 0 Å². The Balaban J connectivity index is 1.45. The first-order valence-corrected chi connectivity index (χ1v) is 16.6. The predicted octanol–water partition coefficient (Wildman–Crippen LogP) is 5.30. The van der Waals surface area contributed by atoms with Gasteiger partial charge in [0.15, 0.2) is 0 Å². The number of furan rings is 1. The minimum absolute atomic E-state index is 0.0254. The van der Waals surface area contributed by atoms with Crippen molar-refractivity contribution in [3.05, 3.63) is 77.6 Å². The van der Waals surface area contributed by atoms with E-state index in [1.807, 2.05) is 6.92 Å². The van der Waals surface area contributed by atoms with E-state index < -0.39 is 22.2 Å². The van der Waals surface area contributed by atoms with Gasteiger partial charge < -0.3 is 33.4 Å². The summed E-state index contributed by atoms with van der Waals surface area (Å²) in [6, 6.07) is 16.0. The molecule has 0 saturated carbocycles. The van der Waals surface area contributed by atoms with Gasteiger partial charge in [0.1, 0.15) is 34.8 Å². The summed E-state index contributed by atoms with van der Waals surface area (Å²) in [5.74, 6) is 0.545. The molecular weight excluding hydrogens is 619 g/mol. The number of sulfonamides is 1. The Hall–Kier alpha value is -4.01. The van der Waals surface area contributed by atoms with Crippen molar-refractivity contribution in [2.45, 2.75) is 19.1 Å². The highest BCUT2D eigenvalue weighted by Gasteiger charge is 2.34. The van der Waals surface area contributed by atoms with Crippen molar-refractivity contribution in [3.8, 4) is 22.8 Å². The lowest BCUT2D eigenvalue weighted by atomic mass is 10.0. The normalized spacial score (nSPS) is 16.7. The van der Waals surface area contributed by atoms with Crippen LogP contribution in [0.2, 0.25) is 0 Å². The van der Waals surface area contributed by atoms with E-state index >= 15 is 0 Å². The molecule has 1 amide bonds. The van der Waals surface area contributed by atoms with Gasteiger partial charge in [-0.1, -0.05) is 0 Å². The standard InChI is InChI=1S/C33H37FN2O9S/c1-21-27-17-28-30(18-29(27)36(46(4,38)39)19-26(43-21)20-42-16-15-41-14-13-40-3)45-32(31(28)33(37)35-2)22-5-9-24(10-6-22)44-25-11-7-23(34)8-12-25/h5-12,17-18,21,26H,13-16,19-20H2,1-4H3,(H,35,37)/t21-,26-/m0/s1. The average Bonchev–Trinajstić information content (AvgIpc) is 3.34. The molecule has 13 heteroatoms. The lowest BCUT2D eigenvalue weighted by molar-refractivity contribution is -0.0545. The monoisotopic (exact) mass is 656 g/mol. The van der Waals surface area contributed by atoms with Crippen molar-refractivity contribution in [2.24, 2.45) is 0 Å². The number of amides is 1. The summed E-state index contributed by atoms with van der Waals surface area (Å²) in [4.78, 5) is 13.2. The Morgan fingerprint density at radius 2 is 1.65 bits per heavy atom. The lowest BCUT2D eigenvalue weighted by Gasteiger charge is -2.24. The zero-order valence-electron chi connectivity index (χ0n) is 26.1. The van der Waals surface area contributed by atoms with Gasteiger partial charge in [-0.05, 0) is 61.5 Å². The molecule has 0 bridgehead atoms. The molecule has 3 aromatic carbocycles. The maximum Gasteiger partial charge on any atom is 0.255 e. The maximum absolute atomic E-state index is 13.3. The van der Waals surface area contributed by atoms with Crippen LogP contribution in [-0.4, -0.2) is 80.4 Å². The van der Waals surface area contributed by atoms with Crippen molar-refractivity contribution < 1.29 is 45.7 Å². The second-order valence-electron chi connectivity index (χ2n) is 10.7. The molecule has 246 valence electrons. The van der Waals surface area contributed by atoms with Gasteiger partial charge in [-0.2, -0.15) is 0 Å². The molecule has 1 N–H and O–H groups in total. The number of anilines is 1. The summed E-state index contributed by atoms with van der Waals surface area (Å²) in [6.07, 6.45) is 0.0425. The van der Waals surface area contributed by atoms with E-state index in [4.69, 9.17) is 28.1 Å². The highest BCUT2D eigenvalue weighted by molar-refractivity contribution is 7.92. The highest BCUT2D eigenvalue weighted by atomic mass is 32.2. The van der Waals surface area contributed by atoms with Crippen LogP contribution in [0.5, 0.6) is 11.5 Å². The second kappa shape index (κ2) is 14.6. The molecule has 0 radical (unpaired) electrons. The van der Waals surface area contributed by atoms with Gasteiger partial charge in [0, 0.05) is 36.7 Å². The third kappa shape index (κ3) is 7.68. The molecule has 46 heavy (non-hydrogen) atoms. The fourth-order valence-electron chi connectivity index (χ4n) is 5.23. The van der Waals surface area contributed by atoms with Gasteiger partial charge >= 0.3 is 0 Å². The summed E-state index contributed by atoms with van der Waals surface area (Å²) < 4.78 is 75.2. The average molecular weight is 657 g/mol. The quantitative estimate of drug-likeness (QED) is 0.191. The van der Waals surface area contributed by atoms with E-state index in [9.17, 15) is 17.6 Å². The van der Waals surface area contributed by atoms with E-state index in [0.717, 1.165) is 6.26 Å². The van der Waals surface area contributed by atoms with Gasteiger partial charge in [0.05, 0.1) is 63.2 Å². The van der Waals surface area contributed by atoms with Crippen LogP contribution in [0.4, 0.5) is 10.1 Å². The van der Waals surface area contributed by atoms with Crippen molar-refractivity contribution in [1.82, 2.24) is 5.32 Å². The van der Waals surface area contributed by atoms with E-state index in [1.165, 1.54) is 35.6 Å². The molecule has 11 nitrogen and oxygen atoms in total. The van der Waals surface area contributed by atoms with Crippen molar-refractivity contribution in [1.29, 1.82) is 0 Å². The molecule has 0 spiro atoms. The number of rotatable bonds is 13. The van der Waals surface area contributed by atoms with Crippen LogP contribution >= 0.6 is 0 Å². The zero-order chi connectivity index (χ0) is 32.8. The minimum Gasteiger partial charge on any atom is -0.457 e. The number of methoxy groups -OCH3 is 1. The van der Waals surface area contributed by atoms with Gasteiger partial charge in [0.25, 0.3) is 5.91 Å². The molecule has 5 rings (SSSR count). The fourth-order valence-corrected chi connectivity index (χ4v) is 6.18. The Kier molecular flexibility index (Phi) is 10.6. The Labute approximate surface area is 267 Å². The van der Waals surface area contributed by atoms with Gasteiger partial charge in [0.2, 0.25) is 10.0 Å². The fraction of sp³-hybridized carbons (Fsp3) is 0.364. The molecule has 0 saturated heterocycles. The molecule has 1 aliphatic heterocycles. The van der Waals surface area contributed by atoms with Crippen LogP contribution in [0.25, 0.3) is 22.3 Å². The summed E-state index contributed by atoms with van der Waals surface area (Å²) >= 11 is 0. The van der Waals surface area contributed by atoms with Crippen LogP contribution in [0.1, 0.15) is 28.9 Å². The predicted molar refractivity (Wildman–Crippen MR) is 171 cm³/mol. The van der Waals surface area contributed by atoms with E-state index in [2.05, 4.69) is 5.32 Å². The van der Waals surface area contributed by atoms with Crippen LogP contribution in [0.3, 0.4) is 0 Å². The molecule has 0 unspecified atom stereocenters. The van der Waals surface area contributed by atoms with Crippen molar-refractivity contribution >= 4 is 32.6 Å². The number of fused-ring (bicyclic) bond motifs is 2. The van der Waals surface area contributed by atoms with Crippen LogP contribution in [0, 0.1) is 5.82 Å². The van der Waals surface area contributed by atoms with Crippen LogP contribution < -0.4 is 14.4 Å². The number of hydrogen-bond donors (Lipinski definition) is 1. The SMILES string of the molecule is CNC(=O)c1c(-c2ccc(Oc3ccc(F)cc3)cc2)oc2cc3c(cc12)[C@H](C)O[C@H](COCCOCCOC)CN3S(C)(=O)=O. The van der Waals surface area contributed by atoms with Crippen LogP contribution in [-0.2, 0) is 29.0 Å². The summed E-state index contributed by atoms with van der Waals surface area (Å²) in [5, 5.41) is 3.19. The first kappa shape index (κ1) is 33.4. The number of benzene rings is 3. The maximum atomic E-state index is 13.3. The summed E-state index contributed by atoms with van der Waals surface area (Å²) in [7, 11) is -0.617. The molecule has 2 heterocycles. The number of nitrogens with one attached hydrogen (secondary N) is 1. The first-order valence-electron chi connectivity index (χ1n) is 14.7. The second-order valence-corrected chi connectivity index (χ2v) is 12.7. The number of carbonyl (C=O) groups is 1. The number of hydrogen-bond acceptors (Lipinski definition) is 9.